The standard InChI is InChI=1S/C17H23BrO2S/c1-10(2)13-6-4-11(3)8-16(13)20-17(19)14-9-12(21)5-7-15(14)18/h5,7,9-11,13,16,21H,4,6,8H2,1-3H3. The number of esters is 1. The maximum atomic E-state index is 12.5. The molecule has 0 N–H and O–H groups in total. The maximum absolute atomic E-state index is 12.5. The van der Waals surface area contributed by atoms with E-state index in [0.29, 0.717) is 23.3 Å². The fraction of sp³-hybridized carbons (Fsp3) is 0.588. The van der Waals surface area contributed by atoms with Gasteiger partial charge in [0.25, 0.3) is 0 Å². The quantitative estimate of drug-likeness (QED) is 0.572. The zero-order valence-corrected chi connectivity index (χ0v) is 15.3. The van der Waals surface area contributed by atoms with Crippen molar-refractivity contribution < 1.29 is 9.53 Å². The molecule has 3 unspecified atom stereocenters. The number of carbonyl (C=O) groups is 1. The number of ether oxygens (including phenoxy) is 1. The van der Waals surface area contributed by atoms with Gasteiger partial charge in [-0.15, -0.1) is 12.6 Å². The minimum absolute atomic E-state index is 0.0247. The molecule has 0 spiro atoms. The van der Waals surface area contributed by atoms with Crippen molar-refractivity contribution in [1.29, 1.82) is 0 Å². The van der Waals surface area contributed by atoms with Crippen LogP contribution in [-0.2, 0) is 4.74 Å². The molecule has 0 bridgehead atoms. The van der Waals surface area contributed by atoms with Crippen molar-refractivity contribution in [3.8, 4) is 0 Å². The number of hydrogen-bond donors (Lipinski definition) is 1. The van der Waals surface area contributed by atoms with E-state index in [1.807, 2.05) is 12.1 Å². The van der Waals surface area contributed by atoms with Gasteiger partial charge in [0, 0.05) is 9.37 Å². The number of thiol groups is 1. The minimum Gasteiger partial charge on any atom is -0.458 e. The van der Waals surface area contributed by atoms with Crippen LogP contribution in [0.15, 0.2) is 27.6 Å². The highest BCUT2D eigenvalue weighted by Crippen LogP contribution is 2.36. The summed E-state index contributed by atoms with van der Waals surface area (Å²) in [7, 11) is 0. The van der Waals surface area contributed by atoms with Crippen molar-refractivity contribution in [3.05, 3.63) is 28.2 Å². The van der Waals surface area contributed by atoms with E-state index in [1.165, 1.54) is 6.42 Å². The SMILES string of the molecule is CC1CCC(C(C)C)C(OC(=O)c2cc(S)ccc2Br)C1. The molecule has 4 heteroatoms. The Balaban J connectivity index is 2.14. The van der Waals surface area contributed by atoms with Crippen LogP contribution in [0.3, 0.4) is 0 Å². The second-order valence-corrected chi connectivity index (χ2v) is 7.80. The Morgan fingerprint density at radius 3 is 2.76 bits per heavy atom. The van der Waals surface area contributed by atoms with Gasteiger partial charge in [-0.3, -0.25) is 0 Å². The molecule has 1 saturated carbocycles. The average molecular weight is 371 g/mol. The molecule has 116 valence electrons. The largest absolute Gasteiger partial charge is 0.458 e. The van der Waals surface area contributed by atoms with Gasteiger partial charge in [0.1, 0.15) is 6.10 Å². The molecule has 0 aliphatic heterocycles. The number of benzene rings is 1. The van der Waals surface area contributed by atoms with Gasteiger partial charge in [-0.2, -0.15) is 0 Å². The van der Waals surface area contributed by atoms with Gasteiger partial charge in [0.2, 0.25) is 0 Å². The van der Waals surface area contributed by atoms with E-state index in [-0.39, 0.29) is 12.1 Å². The normalized spacial score (nSPS) is 25.9. The summed E-state index contributed by atoms with van der Waals surface area (Å²) in [4.78, 5) is 13.2. The zero-order valence-electron chi connectivity index (χ0n) is 12.8. The van der Waals surface area contributed by atoms with Gasteiger partial charge in [0.15, 0.2) is 0 Å². The van der Waals surface area contributed by atoms with E-state index in [0.717, 1.165) is 22.2 Å². The topological polar surface area (TPSA) is 26.3 Å². The Labute approximate surface area is 141 Å². The Morgan fingerprint density at radius 2 is 2.10 bits per heavy atom. The number of halogens is 1. The lowest BCUT2D eigenvalue weighted by atomic mass is 9.75. The molecule has 1 aliphatic rings. The fourth-order valence-electron chi connectivity index (χ4n) is 3.12. The van der Waals surface area contributed by atoms with Crippen molar-refractivity contribution in [1.82, 2.24) is 0 Å². The van der Waals surface area contributed by atoms with Crippen LogP contribution in [0, 0.1) is 17.8 Å². The lowest BCUT2D eigenvalue weighted by Gasteiger charge is -2.36. The van der Waals surface area contributed by atoms with Crippen LogP contribution in [0.4, 0.5) is 0 Å². The smallest absolute Gasteiger partial charge is 0.339 e. The molecule has 21 heavy (non-hydrogen) atoms. The molecule has 2 nitrogen and oxygen atoms in total. The summed E-state index contributed by atoms with van der Waals surface area (Å²) in [6.07, 6.45) is 3.36. The third-order valence-corrected chi connectivity index (χ3v) is 5.36. The molecule has 3 atom stereocenters. The zero-order chi connectivity index (χ0) is 15.6. The lowest BCUT2D eigenvalue weighted by molar-refractivity contribution is -0.0175. The van der Waals surface area contributed by atoms with Crippen molar-refractivity contribution in [2.24, 2.45) is 17.8 Å². The summed E-state index contributed by atoms with van der Waals surface area (Å²) in [5, 5.41) is 0. The number of rotatable bonds is 3. The first-order chi connectivity index (χ1) is 9.88. The van der Waals surface area contributed by atoms with Crippen LogP contribution in [0.25, 0.3) is 0 Å². The molecule has 1 aliphatic carbocycles. The molecule has 1 aromatic carbocycles. The van der Waals surface area contributed by atoms with Crippen LogP contribution < -0.4 is 0 Å². The molecular formula is C17H23BrO2S. The molecular weight excluding hydrogens is 348 g/mol. The minimum atomic E-state index is -0.248. The van der Waals surface area contributed by atoms with Gasteiger partial charge >= 0.3 is 5.97 Å². The number of carbonyl (C=O) groups excluding carboxylic acids is 1. The van der Waals surface area contributed by atoms with Gasteiger partial charge in [-0.1, -0.05) is 27.2 Å². The first-order valence-electron chi connectivity index (χ1n) is 7.58. The predicted octanol–water partition coefficient (Wildman–Crippen LogP) is 5.36. The van der Waals surface area contributed by atoms with Crippen LogP contribution in [-0.4, -0.2) is 12.1 Å². The Bertz CT molecular complexity index is 516. The summed E-state index contributed by atoms with van der Waals surface area (Å²) in [5.41, 5.74) is 0.559. The van der Waals surface area contributed by atoms with Crippen molar-refractivity contribution in [2.45, 2.75) is 51.0 Å². The molecule has 1 fully saturated rings. The lowest BCUT2D eigenvalue weighted by Crippen LogP contribution is -2.35. The summed E-state index contributed by atoms with van der Waals surface area (Å²) >= 11 is 7.71. The average Bonchev–Trinajstić information content (AvgIpc) is 2.41. The first-order valence-corrected chi connectivity index (χ1v) is 8.82. The van der Waals surface area contributed by atoms with Crippen LogP contribution >= 0.6 is 28.6 Å². The highest BCUT2D eigenvalue weighted by atomic mass is 79.9. The Hall–Kier alpha value is -0.480. The van der Waals surface area contributed by atoms with E-state index in [2.05, 4.69) is 49.3 Å². The van der Waals surface area contributed by atoms with Gasteiger partial charge in [0.05, 0.1) is 5.56 Å². The Kier molecular flexibility index (Phi) is 5.78. The molecule has 0 radical (unpaired) electrons. The second-order valence-electron chi connectivity index (χ2n) is 6.43. The highest BCUT2D eigenvalue weighted by molar-refractivity contribution is 9.10. The van der Waals surface area contributed by atoms with Crippen molar-refractivity contribution in [2.75, 3.05) is 0 Å². The monoisotopic (exact) mass is 370 g/mol. The molecule has 0 amide bonds. The fourth-order valence-corrected chi connectivity index (χ4v) is 3.73. The molecule has 0 saturated heterocycles. The predicted molar refractivity (Wildman–Crippen MR) is 91.9 cm³/mol. The highest BCUT2D eigenvalue weighted by Gasteiger charge is 2.33. The van der Waals surface area contributed by atoms with Crippen LogP contribution in [0.1, 0.15) is 50.4 Å². The van der Waals surface area contributed by atoms with E-state index in [4.69, 9.17) is 4.74 Å². The molecule has 1 aromatic rings. The van der Waals surface area contributed by atoms with E-state index >= 15 is 0 Å². The summed E-state index contributed by atoms with van der Waals surface area (Å²) in [6, 6.07) is 5.44. The van der Waals surface area contributed by atoms with Gasteiger partial charge < -0.3 is 4.74 Å². The third kappa shape index (κ3) is 4.26. The van der Waals surface area contributed by atoms with Crippen molar-refractivity contribution in [3.63, 3.8) is 0 Å². The summed E-state index contributed by atoms with van der Waals surface area (Å²) in [6.45, 7) is 6.67. The maximum Gasteiger partial charge on any atom is 0.339 e. The van der Waals surface area contributed by atoms with Crippen molar-refractivity contribution >= 4 is 34.5 Å². The van der Waals surface area contributed by atoms with Gasteiger partial charge in [-0.05, 0) is 64.7 Å². The summed E-state index contributed by atoms with van der Waals surface area (Å²) < 4.78 is 6.61. The van der Waals surface area contributed by atoms with Gasteiger partial charge in [-0.25, -0.2) is 4.79 Å². The van der Waals surface area contributed by atoms with E-state index < -0.39 is 0 Å². The Morgan fingerprint density at radius 1 is 1.38 bits per heavy atom. The molecule has 0 heterocycles. The van der Waals surface area contributed by atoms with Crippen LogP contribution in [0.5, 0.6) is 0 Å². The number of hydrogen-bond acceptors (Lipinski definition) is 3. The molecule has 2 rings (SSSR count). The van der Waals surface area contributed by atoms with Crippen LogP contribution in [0.2, 0.25) is 0 Å². The van der Waals surface area contributed by atoms with E-state index in [1.54, 1.807) is 6.07 Å². The second kappa shape index (κ2) is 7.19. The molecule has 0 aromatic heterocycles. The summed E-state index contributed by atoms with van der Waals surface area (Å²) in [5.74, 6) is 1.37. The van der Waals surface area contributed by atoms with E-state index in [9.17, 15) is 4.79 Å². The first kappa shape index (κ1) is 16.9. The third-order valence-electron chi connectivity index (χ3n) is 4.39.